The van der Waals surface area contributed by atoms with E-state index in [1.165, 1.54) is 30.5 Å². The number of nitro groups is 1. The van der Waals surface area contributed by atoms with Gasteiger partial charge in [0.2, 0.25) is 0 Å². The summed E-state index contributed by atoms with van der Waals surface area (Å²) in [5.74, 6) is -0.963. The molecule has 1 aromatic heterocycles. The number of hydrazone groups is 1. The molecule has 33 heavy (non-hydrogen) atoms. The Labute approximate surface area is 187 Å². The Hall–Kier alpha value is -4.92. The Kier molecular flexibility index (Phi) is 6.12. The number of pyridine rings is 1. The molecule has 3 aromatic carbocycles. The Bertz CT molecular complexity index is 1380. The van der Waals surface area contributed by atoms with E-state index in [2.05, 4.69) is 15.5 Å². The maximum Gasteiger partial charge on any atom is 0.343 e. The number of hydrogen-bond donors (Lipinski definition) is 1. The van der Waals surface area contributed by atoms with Crippen molar-refractivity contribution in [1.29, 1.82) is 0 Å². The fraction of sp³-hybridized carbons (Fsp3) is 0. The van der Waals surface area contributed by atoms with Gasteiger partial charge in [-0.25, -0.2) is 15.2 Å². The van der Waals surface area contributed by atoms with Crippen molar-refractivity contribution in [3.63, 3.8) is 0 Å². The molecule has 0 aliphatic heterocycles. The molecule has 0 unspecified atom stereocenters. The number of carbonyl (C=O) groups excluding carboxylic acids is 2. The molecule has 0 aliphatic rings. The van der Waals surface area contributed by atoms with Crippen LogP contribution >= 0.6 is 0 Å². The number of nitrogens with one attached hydrogen (secondary N) is 1. The van der Waals surface area contributed by atoms with Crippen LogP contribution in [0.1, 0.15) is 26.4 Å². The third kappa shape index (κ3) is 5.05. The lowest BCUT2D eigenvalue weighted by molar-refractivity contribution is -0.384. The molecule has 9 nitrogen and oxygen atoms in total. The molecular formula is C24H16N4O5. The van der Waals surface area contributed by atoms with Gasteiger partial charge in [0.15, 0.2) is 0 Å². The monoisotopic (exact) mass is 440 g/mol. The molecule has 0 atom stereocenters. The molecule has 0 spiro atoms. The minimum atomic E-state index is -0.685. The Morgan fingerprint density at radius 1 is 0.939 bits per heavy atom. The summed E-state index contributed by atoms with van der Waals surface area (Å²) in [6.07, 6.45) is 1.34. The predicted octanol–water partition coefficient (Wildman–Crippen LogP) is 4.13. The number of benzene rings is 3. The van der Waals surface area contributed by atoms with Crippen molar-refractivity contribution in [2.45, 2.75) is 0 Å². The summed E-state index contributed by atoms with van der Waals surface area (Å²) in [5, 5.41) is 15.6. The number of esters is 1. The van der Waals surface area contributed by atoms with E-state index in [9.17, 15) is 19.7 Å². The number of aromatic nitrogens is 1. The van der Waals surface area contributed by atoms with Crippen LogP contribution in [0, 0.1) is 10.1 Å². The number of nitrogens with zero attached hydrogens (tertiary/aromatic N) is 3. The van der Waals surface area contributed by atoms with Crippen molar-refractivity contribution < 1.29 is 19.2 Å². The van der Waals surface area contributed by atoms with Gasteiger partial charge in [-0.3, -0.25) is 14.9 Å². The van der Waals surface area contributed by atoms with Crippen LogP contribution in [0.15, 0.2) is 90.0 Å². The minimum Gasteiger partial charge on any atom is -0.422 e. The molecule has 0 aliphatic carbocycles. The Balaban J connectivity index is 1.44. The maximum atomic E-state index is 12.4. The first-order valence-electron chi connectivity index (χ1n) is 9.76. The summed E-state index contributed by atoms with van der Waals surface area (Å²) in [6.45, 7) is 0. The van der Waals surface area contributed by atoms with Gasteiger partial charge in [-0.1, -0.05) is 36.4 Å². The van der Waals surface area contributed by atoms with E-state index in [0.717, 1.165) is 5.39 Å². The quantitative estimate of drug-likeness (QED) is 0.158. The van der Waals surface area contributed by atoms with Crippen molar-refractivity contribution in [2.24, 2.45) is 5.10 Å². The third-order valence-electron chi connectivity index (χ3n) is 4.64. The number of rotatable bonds is 6. The largest absolute Gasteiger partial charge is 0.422 e. The standard InChI is InChI=1S/C24H16N4O5/c29-23(21-14-11-16-5-1-3-7-20(16)26-21)27-25-15-18-6-2-4-8-22(18)33-24(30)17-9-12-19(13-10-17)28(31)32/h1-15H,(H,27,29)/b25-15-. The summed E-state index contributed by atoms with van der Waals surface area (Å²) in [7, 11) is 0. The maximum absolute atomic E-state index is 12.4. The minimum absolute atomic E-state index is 0.129. The predicted molar refractivity (Wildman–Crippen MR) is 121 cm³/mol. The summed E-state index contributed by atoms with van der Waals surface area (Å²) >= 11 is 0. The molecule has 0 bridgehead atoms. The van der Waals surface area contributed by atoms with Crippen LogP contribution in [-0.4, -0.2) is 28.0 Å². The lowest BCUT2D eigenvalue weighted by Crippen LogP contribution is -2.19. The van der Waals surface area contributed by atoms with E-state index in [0.29, 0.717) is 11.1 Å². The zero-order valence-corrected chi connectivity index (χ0v) is 17.0. The average molecular weight is 440 g/mol. The second-order valence-corrected chi connectivity index (χ2v) is 6.82. The number of amides is 1. The average Bonchev–Trinajstić information content (AvgIpc) is 2.84. The zero-order chi connectivity index (χ0) is 23.2. The van der Waals surface area contributed by atoms with Gasteiger partial charge in [-0.15, -0.1) is 0 Å². The zero-order valence-electron chi connectivity index (χ0n) is 17.0. The van der Waals surface area contributed by atoms with Crippen molar-refractivity contribution >= 4 is 34.7 Å². The normalized spacial score (nSPS) is 10.8. The van der Waals surface area contributed by atoms with Crippen LogP contribution < -0.4 is 10.2 Å². The van der Waals surface area contributed by atoms with E-state index < -0.39 is 16.8 Å². The summed E-state index contributed by atoms with van der Waals surface area (Å²) in [4.78, 5) is 39.3. The summed E-state index contributed by atoms with van der Waals surface area (Å²) in [5.41, 5.74) is 3.78. The molecule has 4 aromatic rings. The molecule has 0 saturated heterocycles. The van der Waals surface area contributed by atoms with E-state index in [-0.39, 0.29) is 22.7 Å². The molecule has 1 N–H and O–H groups in total. The molecule has 4 rings (SSSR count). The highest BCUT2D eigenvalue weighted by Crippen LogP contribution is 2.19. The Morgan fingerprint density at radius 3 is 2.45 bits per heavy atom. The second-order valence-electron chi connectivity index (χ2n) is 6.82. The number of para-hydroxylation sites is 2. The number of carbonyl (C=O) groups is 2. The van der Waals surface area contributed by atoms with E-state index >= 15 is 0 Å². The van der Waals surface area contributed by atoms with Gasteiger partial charge >= 0.3 is 5.97 Å². The highest BCUT2D eigenvalue weighted by molar-refractivity contribution is 5.96. The highest BCUT2D eigenvalue weighted by atomic mass is 16.6. The van der Waals surface area contributed by atoms with Gasteiger partial charge in [0.1, 0.15) is 11.4 Å². The van der Waals surface area contributed by atoms with Crippen LogP contribution in [0.2, 0.25) is 0 Å². The van der Waals surface area contributed by atoms with E-state index in [4.69, 9.17) is 4.74 Å². The fourth-order valence-electron chi connectivity index (χ4n) is 2.97. The van der Waals surface area contributed by atoms with Gasteiger partial charge in [0.25, 0.3) is 11.6 Å². The molecule has 0 fully saturated rings. The third-order valence-corrected chi connectivity index (χ3v) is 4.64. The van der Waals surface area contributed by atoms with E-state index in [1.54, 1.807) is 36.4 Å². The summed E-state index contributed by atoms with van der Waals surface area (Å²) < 4.78 is 5.40. The van der Waals surface area contributed by atoms with Crippen molar-refractivity contribution in [1.82, 2.24) is 10.4 Å². The summed E-state index contributed by atoms with van der Waals surface area (Å²) in [6, 6.07) is 22.5. The van der Waals surface area contributed by atoms with Crippen molar-refractivity contribution in [2.75, 3.05) is 0 Å². The van der Waals surface area contributed by atoms with Crippen molar-refractivity contribution in [3.05, 3.63) is 112 Å². The lowest BCUT2D eigenvalue weighted by Gasteiger charge is -2.07. The molecule has 162 valence electrons. The first-order chi connectivity index (χ1) is 16.0. The topological polar surface area (TPSA) is 124 Å². The first kappa shape index (κ1) is 21.3. The number of non-ortho nitro benzene ring substituents is 1. The van der Waals surface area contributed by atoms with Gasteiger partial charge in [-0.05, 0) is 36.4 Å². The van der Waals surface area contributed by atoms with Crippen LogP contribution in [0.3, 0.4) is 0 Å². The van der Waals surface area contributed by atoms with Crippen LogP contribution in [0.25, 0.3) is 10.9 Å². The van der Waals surface area contributed by atoms with Crippen molar-refractivity contribution in [3.8, 4) is 5.75 Å². The molecule has 1 heterocycles. The van der Waals surface area contributed by atoms with Crippen LogP contribution in [-0.2, 0) is 0 Å². The molecule has 0 radical (unpaired) electrons. The smallest absolute Gasteiger partial charge is 0.343 e. The number of hydrogen-bond acceptors (Lipinski definition) is 7. The fourth-order valence-corrected chi connectivity index (χ4v) is 2.97. The molecular weight excluding hydrogens is 424 g/mol. The van der Waals surface area contributed by atoms with Gasteiger partial charge < -0.3 is 4.74 Å². The number of nitro benzene ring substituents is 1. The Morgan fingerprint density at radius 2 is 1.67 bits per heavy atom. The molecule has 9 heteroatoms. The lowest BCUT2D eigenvalue weighted by atomic mass is 10.2. The second kappa shape index (κ2) is 9.48. The van der Waals surface area contributed by atoms with Crippen LogP contribution in [0.4, 0.5) is 5.69 Å². The van der Waals surface area contributed by atoms with Gasteiger partial charge in [0.05, 0.1) is 22.2 Å². The van der Waals surface area contributed by atoms with Gasteiger partial charge in [0, 0.05) is 23.1 Å². The number of ether oxygens (including phenoxy) is 1. The highest BCUT2D eigenvalue weighted by Gasteiger charge is 2.13. The molecule has 0 saturated carbocycles. The first-order valence-corrected chi connectivity index (χ1v) is 9.76. The van der Waals surface area contributed by atoms with Crippen LogP contribution in [0.5, 0.6) is 5.75 Å². The SMILES string of the molecule is O=C(Oc1ccccc1/C=N\NC(=O)c1ccc2ccccc2n1)c1ccc([N+](=O)[O-])cc1. The number of fused-ring (bicyclic) bond motifs is 1. The molecule has 1 amide bonds. The van der Waals surface area contributed by atoms with E-state index in [1.807, 2.05) is 24.3 Å². The van der Waals surface area contributed by atoms with Gasteiger partial charge in [-0.2, -0.15) is 5.10 Å².